The van der Waals surface area contributed by atoms with E-state index in [9.17, 15) is 9.18 Å². The van der Waals surface area contributed by atoms with Gasteiger partial charge in [0.2, 0.25) is 0 Å². The summed E-state index contributed by atoms with van der Waals surface area (Å²) >= 11 is 6.82. The van der Waals surface area contributed by atoms with E-state index in [1.54, 1.807) is 12.1 Å². The Morgan fingerprint density at radius 2 is 1.96 bits per heavy atom. The topological polar surface area (TPSA) is 23.6 Å². The third-order valence-electron chi connectivity index (χ3n) is 6.03. The molecule has 3 aliphatic rings. The number of thioether (sulfide) groups is 1. The molecule has 0 N–H and O–H groups in total. The van der Waals surface area contributed by atoms with Gasteiger partial charge in [0.15, 0.2) is 5.78 Å². The highest BCUT2D eigenvalue weighted by Crippen LogP contribution is 2.39. The van der Waals surface area contributed by atoms with Crippen molar-refractivity contribution < 1.29 is 9.18 Å². The van der Waals surface area contributed by atoms with Crippen molar-refractivity contribution in [3.05, 3.63) is 47.3 Å². The van der Waals surface area contributed by atoms with E-state index in [2.05, 4.69) is 15.9 Å². The van der Waals surface area contributed by atoms with Gasteiger partial charge in [0.05, 0.1) is 6.04 Å². The van der Waals surface area contributed by atoms with Crippen LogP contribution in [0, 0.1) is 11.7 Å². The number of nitrogens with zero attached hydrogens (tertiary/aromatic N) is 2. The molecule has 0 aromatic heterocycles. The summed E-state index contributed by atoms with van der Waals surface area (Å²) in [7, 11) is 0. The van der Waals surface area contributed by atoms with Crippen molar-refractivity contribution in [1.29, 1.82) is 0 Å². The molecule has 2 unspecified atom stereocenters. The van der Waals surface area contributed by atoms with E-state index in [1.807, 2.05) is 17.8 Å². The minimum atomic E-state index is -0.468. The van der Waals surface area contributed by atoms with Gasteiger partial charge in [-0.15, -0.1) is 0 Å². The van der Waals surface area contributed by atoms with Crippen molar-refractivity contribution >= 4 is 30.2 Å². The fourth-order valence-corrected chi connectivity index (χ4v) is 5.44. The number of rotatable bonds is 6. The van der Waals surface area contributed by atoms with Gasteiger partial charge in [-0.3, -0.25) is 14.6 Å². The number of carbonyl (C=O) groups excluding carboxylic acids is 1. The number of hydrogen-bond acceptors (Lipinski definition) is 5. The van der Waals surface area contributed by atoms with Crippen LogP contribution in [-0.4, -0.2) is 65.1 Å². The summed E-state index contributed by atoms with van der Waals surface area (Å²) in [5.41, 5.74) is 1.81. The molecule has 4 rings (SSSR count). The Hall–Kier alpha value is -0.820. The molecule has 2 aliphatic heterocycles. The van der Waals surface area contributed by atoms with Gasteiger partial charge in [0, 0.05) is 61.0 Å². The molecule has 0 amide bonds. The van der Waals surface area contributed by atoms with Crippen molar-refractivity contribution in [3.8, 4) is 0 Å². The van der Waals surface area contributed by atoms with Crippen molar-refractivity contribution in [2.24, 2.45) is 5.92 Å². The molecule has 1 saturated carbocycles. The summed E-state index contributed by atoms with van der Waals surface area (Å²) in [5.74, 6) is 2.42. The highest BCUT2D eigenvalue weighted by Gasteiger charge is 2.40. The van der Waals surface area contributed by atoms with Crippen LogP contribution in [0.25, 0.3) is 0 Å². The molecule has 1 aliphatic carbocycles. The van der Waals surface area contributed by atoms with E-state index in [1.165, 1.54) is 23.1 Å². The number of ketones is 1. The molecule has 3 nitrogen and oxygen atoms in total. The first kappa shape index (κ1) is 20.5. The number of Topliss-reactive ketones (excluding diaryl/α,β-unsaturated/α-hetero) is 1. The van der Waals surface area contributed by atoms with Crippen LogP contribution in [0.2, 0.25) is 0 Å². The van der Waals surface area contributed by atoms with Crippen LogP contribution in [0.5, 0.6) is 0 Å². The third kappa shape index (κ3) is 4.84. The maximum absolute atomic E-state index is 14.6. The molecule has 2 heterocycles. The summed E-state index contributed by atoms with van der Waals surface area (Å²) in [4.78, 5) is 17.8. The lowest BCUT2D eigenvalue weighted by molar-refractivity contribution is -0.126. The molecule has 152 valence electrons. The summed E-state index contributed by atoms with van der Waals surface area (Å²) < 4.78 is 14.6. The smallest absolute Gasteiger partial charge is 0.157 e. The highest BCUT2D eigenvalue weighted by atomic mass is 32.2. The molecule has 6 heteroatoms. The summed E-state index contributed by atoms with van der Waals surface area (Å²) in [6.45, 7) is 4.69. The predicted octanol–water partition coefficient (Wildman–Crippen LogP) is 3.83. The Labute approximate surface area is 177 Å². The largest absolute Gasteiger partial charge is 0.298 e. The van der Waals surface area contributed by atoms with Gasteiger partial charge in [0.1, 0.15) is 5.82 Å². The maximum atomic E-state index is 14.6. The van der Waals surface area contributed by atoms with E-state index in [-0.39, 0.29) is 22.8 Å². The van der Waals surface area contributed by atoms with Crippen LogP contribution in [0.4, 0.5) is 4.39 Å². The highest BCUT2D eigenvalue weighted by molar-refractivity contribution is 7.99. The maximum Gasteiger partial charge on any atom is 0.157 e. The summed E-state index contributed by atoms with van der Waals surface area (Å²) in [5, 5.41) is 0.229. The molecule has 0 radical (unpaired) electrons. The second-order valence-corrected chi connectivity index (χ2v) is 9.92. The van der Waals surface area contributed by atoms with Crippen molar-refractivity contribution in [2.75, 3.05) is 44.2 Å². The van der Waals surface area contributed by atoms with Gasteiger partial charge < -0.3 is 0 Å². The third-order valence-corrected chi connectivity index (χ3v) is 7.57. The lowest BCUT2D eigenvalue weighted by atomic mass is 9.93. The van der Waals surface area contributed by atoms with E-state index < -0.39 is 6.04 Å². The molecule has 2 saturated heterocycles. The van der Waals surface area contributed by atoms with Gasteiger partial charge in [-0.1, -0.05) is 24.3 Å². The normalized spacial score (nSPS) is 27.1. The van der Waals surface area contributed by atoms with Crippen LogP contribution in [0.15, 0.2) is 35.9 Å². The Kier molecular flexibility index (Phi) is 6.81. The Morgan fingerprint density at radius 3 is 2.68 bits per heavy atom. The minimum absolute atomic E-state index is 0.108. The zero-order valence-electron chi connectivity index (χ0n) is 16.2. The van der Waals surface area contributed by atoms with Crippen LogP contribution < -0.4 is 0 Å². The van der Waals surface area contributed by atoms with Crippen LogP contribution in [0.3, 0.4) is 0 Å². The standard InChI is InChI=1S/C22H29FN2OS2/c23-19-4-2-1-3-18(19)21(22(26)16-5-6-16)25-10-8-20(27)17(15-25)7-9-24-11-13-28-14-12-24/h1-4,7,16,20-21,27H,5-6,8-15H2/b17-7-. The molecule has 28 heavy (non-hydrogen) atoms. The van der Waals surface area contributed by atoms with Gasteiger partial charge in [0.25, 0.3) is 0 Å². The number of likely N-dealkylation sites (tertiary alicyclic amines) is 1. The number of benzene rings is 1. The van der Waals surface area contributed by atoms with E-state index in [0.29, 0.717) is 12.1 Å². The summed E-state index contributed by atoms with van der Waals surface area (Å²) in [6, 6.07) is 6.31. The molecule has 2 atom stereocenters. The predicted molar refractivity (Wildman–Crippen MR) is 118 cm³/mol. The monoisotopic (exact) mass is 420 g/mol. The first-order valence-electron chi connectivity index (χ1n) is 10.3. The Balaban J connectivity index is 1.53. The summed E-state index contributed by atoms with van der Waals surface area (Å²) in [6.07, 6.45) is 5.10. The van der Waals surface area contributed by atoms with Crippen molar-refractivity contribution in [3.63, 3.8) is 0 Å². The Morgan fingerprint density at radius 1 is 1.21 bits per heavy atom. The quantitative estimate of drug-likeness (QED) is 0.558. The van der Waals surface area contributed by atoms with Crippen LogP contribution >= 0.6 is 24.4 Å². The minimum Gasteiger partial charge on any atom is -0.298 e. The molecule has 1 aromatic carbocycles. The van der Waals surface area contributed by atoms with Crippen LogP contribution in [-0.2, 0) is 4.79 Å². The fourth-order valence-electron chi connectivity index (χ4n) is 4.16. The van der Waals surface area contributed by atoms with Gasteiger partial charge in [-0.2, -0.15) is 24.4 Å². The molecule has 3 fully saturated rings. The average molecular weight is 421 g/mol. The van der Waals surface area contributed by atoms with Gasteiger partial charge in [-0.05, 0) is 30.9 Å². The number of hydrogen-bond donors (Lipinski definition) is 1. The molecule has 0 spiro atoms. The first-order chi connectivity index (χ1) is 13.6. The lowest BCUT2D eigenvalue weighted by Gasteiger charge is -2.38. The van der Waals surface area contributed by atoms with Crippen molar-refractivity contribution in [1.82, 2.24) is 9.80 Å². The zero-order valence-corrected chi connectivity index (χ0v) is 17.9. The molecular weight excluding hydrogens is 391 g/mol. The molecule has 1 aromatic rings. The number of piperidine rings is 1. The van der Waals surface area contributed by atoms with E-state index in [0.717, 1.165) is 45.4 Å². The fraction of sp³-hybridized carbons (Fsp3) is 0.591. The SMILES string of the molecule is O=C(C1CC1)C(c1ccccc1F)N1CCC(S)/C(=C\CN2CCSCC2)C1. The van der Waals surface area contributed by atoms with Gasteiger partial charge >= 0.3 is 0 Å². The second-order valence-electron chi connectivity index (χ2n) is 8.07. The van der Waals surface area contributed by atoms with E-state index in [4.69, 9.17) is 12.6 Å². The van der Waals surface area contributed by atoms with Crippen molar-refractivity contribution in [2.45, 2.75) is 30.6 Å². The number of thiol groups is 1. The van der Waals surface area contributed by atoms with Gasteiger partial charge in [-0.25, -0.2) is 4.39 Å². The van der Waals surface area contributed by atoms with Crippen LogP contribution in [0.1, 0.15) is 30.9 Å². The lowest BCUT2D eigenvalue weighted by Crippen LogP contribution is -2.43. The second kappa shape index (κ2) is 9.33. The molecular formula is C22H29FN2OS2. The zero-order chi connectivity index (χ0) is 19.5. The van der Waals surface area contributed by atoms with E-state index >= 15 is 0 Å². The molecule has 0 bridgehead atoms. The average Bonchev–Trinajstić information content (AvgIpc) is 3.56. The number of carbonyl (C=O) groups is 1. The first-order valence-corrected chi connectivity index (χ1v) is 12.0. The number of halogens is 1. The Bertz CT molecular complexity index is 731.